The number of nitrogens with two attached hydrogens (primary N) is 1. The van der Waals surface area contributed by atoms with Crippen molar-refractivity contribution in [3.05, 3.63) is 17.8 Å². The molecule has 2 aromatic rings. The third-order valence-electron chi connectivity index (χ3n) is 2.01. The summed E-state index contributed by atoms with van der Waals surface area (Å²) in [5, 5.41) is 4.33. The smallest absolute Gasteiger partial charge is 0.159 e. The molecule has 2 N–H and O–H groups in total. The van der Waals surface area contributed by atoms with Gasteiger partial charge in [-0.2, -0.15) is 9.61 Å². The highest BCUT2D eigenvalue weighted by molar-refractivity contribution is 5.56. The molecular formula is C9H13N5. The van der Waals surface area contributed by atoms with Crippen LogP contribution in [0.2, 0.25) is 0 Å². The molecule has 0 aromatic carbocycles. The number of anilines is 2. The Balaban J connectivity index is 2.79. The number of hydrogen-bond acceptors (Lipinski definition) is 4. The van der Waals surface area contributed by atoms with E-state index >= 15 is 0 Å². The molecule has 0 unspecified atom stereocenters. The molecule has 2 heterocycles. The first kappa shape index (κ1) is 8.80. The molecule has 0 saturated heterocycles. The summed E-state index contributed by atoms with van der Waals surface area (Å²) in [6, 6.07) is 3.71. The summed E-state index contributed by atoms with van der Waals surface area (Å²) in [5.41, 5.74) is 7.41. The standard InChI is InChI=1S/C9H13N5/c1-6-4-8-11-7(10)5-9(13(2)3)14(8)12-6/h4-5H,1-3H3,(H2,10,11). The van der Waals surface area contributed by atoms with Crippen LogP contribution in [-0.4, -0.2) is 28.7 Å². The molecule has 74 valence electrons. The van der Waals surface area contributed by atoms with Crippen molar-refractivity contribution in [1.82, 2.24) is 14.6 Å². The number of hydrogen-bond donors (Lipinski definition) is 1. The fourth-order valence-corrected chi connectivity index (χ4v) is 1.41. The fraction of sp³-hybridized carbons (Fsp3) is 0.333. The number of aromatic nitrogens is 3. The molecule has 2 rings (SSSR count). The molecule has 0 atom stereocenters. The van der Waals surface area contributed by atoms with E-state index in [2.05, 4.69) is 10.1 Å². The minimum absolute atomic E-state index is 0.515. The Labute approximate surface area is 82.2 Å². The molecule has 0 aliphatic heterocycles. The van der Waals surface area contributed by atoms with Gasteiger partial charge in [-0.25, -0.2) is 4.98 Å². The van der Waals surface area contributed by atoms with Gasteiger partial charge < -0.3 is 10.6 Å². The minimum Gasteiger partial charge on any atom is -0.384 e. The van der Waals surface area contributed by atoms with Gasteiger partial charge in [0.1, 0.15) is 11.6 Å². The van der Waals surface area contributed by atoms with Crippen LogP contribution in [0.3, 0.4) is 0 Å². The number of fused-ring (bicyclic) bond motifs is 1. The fourth-order valence-electron chi connectivity index (χ4n) is 1.41. The summed E-state index contributed by atoms with van der Waals surface area (Å²) in [7, 11) is 3.90. The molecule has 0 spiro atoms. The van der Waals surface area contributed by atoms with Gasteiger partial charge in [0.2, 0.25) is 0 Å². The Morgan fingerprint density at radius 1 is 1.36 bits per heavy atom. The van der Waals surface area contributed by atoms with Gasteiger partial charge in [0.15, 0.2) is 5.65 Å². The van der Waals surface area contributed by atoms with Crippen molar-refractivity contribution < 1.29 is 0 Å². The van der Waals surface area contributed by atoms with E-state index in [0.29, 0.717) is 5.82 Å². The van der Waals surface area contributed by atoms with Crippen molar-refractivity contribution in [1.29, 1.82) is 0 Å². The van der Waals surface area contributed by atoms with Crippen LogP contribution >= 0.6 is 0 Å². The van der Waals surface area contributed by atoms with Gasteiger partial charge in [-0.3, -0.25) is 0 Å². The van der Waals surface area contributed by atoms with Crippen molar-refractivity contribution in [3.63, 3.8) is 0 Å². The zero-order valence-corrected chi connectivity index (χ0v) is 8.52. The van der Waals surface area contributed by atoms with E-state index in [-0.39, 0.29) is 0 Å². The van der Waals surface area contributed by atoms with Gasteiger partial charge in [0, 0.05) is 26.2 Å². The molecule has 5 nitrogen and oxygen atoms in total. The van der Waals surface area contributed by atoms with Crippen LogP contribution in [0.25, 0.3) is 5.65 Å². The number of nitrogens with zero attached hydrogens (tertiary/aromatic N) is 4. The first-order valence-electron chi connectivity index (χ1n) is 4.38. The van der Waals surface area contributed by atoms with Gasteiger partial charge in [-0.05, 0) is 6.92 Å². The summed E-state index contributed by atoms with van der Waals surface area (Å²) in [6.45, 7) is 1.93. The lowest BCUT2D eigenvalue weighted by atomic mass is 10.4. The Bertz CT molecular complexity index is 471. The van der Waals surface area contributed by atoms with Crippen LogP contribution in [0.15, 0.2) is 12.1 Å². The Morgan fingerprint density at radius 3 is 2.71 bits per heavy atom. The molecule has 2 aromatic heterocycles. The lowest BCUT2D eigenvalue weighted by Crippen LogP contribution is -2.14. The second-order valence-corrected chi connectivity index (χ2v) is 3.49. The second kappa shape index (κ2) is 2.87. The number of nitrogen functional groups attached to an aromatic ring is 1. The van der Waals surface area contributed by atoms with E-state index in [0.717, 1.165) is 17.2 Å². The maximum atomic E-state index is 5.69. The van der Waals surface area contributed by atoms with E-state index in [1.54, 1.807) is 10.6 Å². The highest BCUT2D eigenvalue weighted by Gasteiger charge is 2.07. The molecule has 0 bridgehead atoms. The predicted octanol–water partition coefficient (Wildman–Crippen LogP) is 0.686. The molecular weight excluding hydrogens is 178 g/mol. The largest absolute Gasteiger partial charge is 0.384 e. The van der Waals surface area contributed by atoms with E-state index in [4.69, 9.17) is 5.73 Å². The van der Waals surface area contributed by atoms with Gasteiger partial charge in [0.25, 0.3) is 0 Å². The minimum atomic E-state index is 0.515. The zero-order chi connectivity index (χ0) is 10.3. The SMILES string of the molecule is Cc1cc2nc(N)cc(N(C)C)n2n1. The van der Waals surface area contributed by atoms with E-state index in [1.165, 1.54) is 0 Å². The lowest BCUT2D eigenvalue weighted by Gasteiger charge is -2.13. The van der Waals surface area contributed by atoms with Crippen LogP contribution in [-0.2, 0) is 0 Å². The Morgan fingerprint density at radius 2 is 2.07 bits per heavy atom. The lowest BCUT2D eigenvalue weighted by molar-refractivity contribution is 0.883. The molecule has 14 heavy (non-hydrogen) atoms. The molecule has 5 heteroatoms. The summed E-state index contributed by atoms with van der Waals surface area (Å²) in [4.78, 5) is 6.15. The van der Waals surface area contributed by atoms with Gasteiger partial charge >= 0.3 is 0 Å². The number of rotatable bonds is 1. The molecule has 0 aliphatic rings. The monoisotopic (exact) mass is 191 g/mol. The number of aryl methyl sites for hydroxylation is 1. The third-order valence-corrected chi connectivity index (χ3v) is 2.01. The van der Waals surface area contributed by atoms with E-state index in [1.807, 2.05) is 32.0 Å². The van der Waals surface area contributed by atoms with Crippen molar-refractivity contribution >= 4 is 17.3 Å². The van der Waals surface area contributed by atoms with Crippen LogP contribution in [0, 0.1) is 6.92 Å². The van der Waals surface area contributed by atoms with Crippen LogP contribution in [0.1, 0.15) is 5.69 Å². The molecule has 0 radical (unpaired) electrons. The third kappa shape index (κ3) is 1.26. The zero-order valence-electron chi connectivity index (χ0n) is 8.52. The molecule has 0 amide bonds. The second-order valence-electron chi connectivity index (χ2n) is 3.49. The van der Waals surface area contributed by atoms with Crippen LogP contribution in [0.4, 0.5) is 11.6 Å². The highest BCUT2D eigenvalue weighted by Crippen LogP contribution is 2.16. The Kier molecular flexibility index (Phi) is 1.80. The average Bonchev–Trinajstić information content (AvgIpc) is 2.42. The molecule has 0 aliphatic carbocycles. The highest BCUT2D eigenvalue weighted by atomic mass is 15.3. The summed E-state index contributed by atoms with van der Waals surface area (Å²) >= 11 is 0. The molecule has 0 fully saturated rings. The van der Waals surface area contributed by atoms with E-state index in [9.17, 15) is 0 Å². The van der Waals surface area contributed by atoms with Crippen molar-refractivity contribution in [3.8, 4) is 0 Å². The van der Waals surface area contributed by atoms with E-state index < -0.39 is 0 Å². The topological polar surface area (TPSA) is 59.5 Å². The summed E-state index contributed by atoms with van der Waals surface area (Å²) in [5.74, 6) is 1.45. The van der Waals surface area contributed by atoms with Crippen LogP contribution in [0.5, 0.6) is 0 Å². The van der Waals surface area contributed by atoms with Crippen LogP contribution < -0.4 is 10.6 Å². The quantitative estimate of drug-likeness (QED) is 0.720. The maximum Gasteiger partial charge on any atom is 0.159 e. The van der Waals surface area contributed by atoms with Gasteiger partial charge in [-0.15, -0.1) is 0 Å². The van der Waals surface area contributed by atoms with Gasteiger partial charge in [0.05, 0.1) is 5.69 Å². The van der Waals surface area contributed by atoms with Gasteiger partial charge in [-0.1, -0.05) is 0 Å². The summed E-state index contributed by atoms with van der Waals surface area (Å²) < 4.78 is 1.78. The molecule has 0 saturated carbocycles. The maximum absolute atomic E-state index is 5.69. The average molecular weight is 191 g/mol. The first-order valence-corrected chi connectivity index (χ1v) is 4.38. The normalized spacial score (nSPS) is 10.8. The summed E-state index contributed by atoms with van der Waals surface area (Å²) in [6.07, 6.45) is 0. The van der Waals surface area contributed by atoms with Crippen molar-refractivity contribution in [2.75, 3.05) is 24.7 Å². The van der Waals surface area contributed by atoms with Crippen molar-refractivity contribution in [2.45, 2.75) is 6.92 Å². The Hall–Kier alpha value is -1.78. The predicted molar refractivity (Wildman–Crippen MR) is 56.5 cm³/mol. The van der Waals surface area contributed by atoms with Crippen molar-refractivity contribution in [2.24, 2.45) is 0 Å². The first-order chi connectivity index (χ1) is 6.58.